The van der Waals surface area contributed by atoms with Crippen LogP contribution >= 0.6 is 0 Å². The second-order valence-electron chi connectivity index (χ2n) is 3.76. The maximum Gasteiger partial charge on any atom is 0.322 e. The first-order chi connectivity index (χ1) is 8.88. The van der Waals surface area contributed by atoms with E-state index in [1.807, 2.05) is 30.3 Å². The third kappa shape index (κ3) is 7.87. The average Bonchev–Trinajstić information content (AvgIpc) is 2.39. The maximum absolute atomic E-state index is 10.4. The first-order valence-electron chi connectivity index (χ1n) is 5.50. The number of aliphatic carboxylic acids is 2. The zero-order valence-electron chi connectivity index (χ0n) is 10.3. The fourth-order valence-corrected chi connectivity index (χ4v) is 1.03. The van der Waals surface area contributed by atoms with Crippen molar-refractivity contribution in [3.8, 4) is 0 Å². The van der Waals surface area contributed by atoms with Gasteiger partial charge >= 0.3 is 11.9 Å². The van der Waals surface area contributed by atoms with Crippen LogP contribution in [0.4, 0.5) is 0 Å². The molecular formula is C12H18N2O5. The van der Waals surface area contributed by atoms with Crippen molar-refractivity contribution in [2.24, 2.45) is 11.5 Å². The Kier molecular flexibility index (Phi) is 8.10. The Balaban J connectivity index is 0.000000399. The summed E-state index contributed by atoms with van der Waals surface area (Å²) in [6.45, 7) is -0.505. The van der Waals surface area contributed by atoms with Crippen molar-refractivity contribution in [3.05, 3.63) is 35.9 Å². The van der Waals surface area contributed by atoms with Crippen LogP contribution < -0.4 is 11.5 Å². The first-order valence-corrected chi connectivity index (χ1v) is 5.50. The number of aliphatic hydroxyl groups excluding tert-OH is 1. The molecule has 7 nitrogen and oxygen atoms in total. The molecule has 0 saturated carbocycles. The number of nitrogens with two attached hydrogens (primary N) is 2. The molecule has 0 amide bonds. The second kappa shape index (κ2) is 9.03. The lowest BCUT2D eigenvalue weighted by Gasteiger charge is -2.04. The molecule has 1 aromatic carbocycles. The van der Waals surface area contributed by atoms with E-state index in [0.717, 1.165) is 5.56 Å². The van der Waals surface area contributed by atoms with Gasteiger partial charge in [0.05, 0.1) is 6.61 Å². The summed E-state index contributed by atoms with van der Waals surface area (Å²) < 4.78 is 0. The molecule has 0 spiro atoms. The van der Waals surface area contributed by atoms with E-state index < -0.39 is 30.6 Å². The second-order valence-corrected chi connectivity index (χ2v) is 3.76. The molecule has 106 valence electrons. The van der Waals surface area contributed by atoms with Gasteiger partial charge in [-0.3, -0.25) is 9.59 Å². The number of carbonyl (C=O) groups is 2. The highest BCUT2D eigenvalue weighted by molar-refractivity contribution is 5.73. The zero-order chi connectivity index (χ0) is 14.8. The molecule has 1 rings (SSSR count). The van der Waals surface area contributed by atoms with Crippen molar-refractivity contribution in [1.29, 1.82) is 0 Å². The normalized spacial score (nSPS) is 12.8. The van der Waals surface area contributed by atoms with E-state index in [1.165, 1.54) is 0 Å². The minimum atomic E-state index is -1.18. The smallest absolute Gasteiger partial charge is 0.322 e. The quantitative estimate of drug-likeness (QED) is 0.462. The third-order valence-electron chi connectivity index (χ3n) is 2.13. The van der Waals surface area contributed by atoms with Gasteiger partial charge in [-0.15, -0.1) is 0 Å². The SMILES string of the molecule is N[C@@H](CO)C(=O)O.N[C@@H](Cc1ccccc1)C(=O)O. The van der Waals surface area contributed by atoms with E-state index in [0.29, 0.717) is 6.42 Å². The van der Waals surface area contributed by atoms with E-state index in [4.69, 9.17) is 26.8 Å². The number of hydrogen-bond acceptors (Lipinski definition) is 5. The lowest BCUT2D eigenvalue weighted by molar-refractivity contribution is -0.140. The number of benzene rings is 1. The Morgan fingerprint density at radius 2 is 1.47 bits per heavy atom. The molecule has 0 aliphatic carbocycles. The molecule has 1 aromatic rings. The summed E-state index contributed by atoms with van der Waals surface area (Å²) in [5, 5.41) is 24.4. The van der Waals surface area contributed by atoms with Crippen LogP contribution in [0.1, 0.15) is 5.56 Å². The summed E-state index contributed by atoms with van der Waals surface area (Å²) in [7, 11) is 0. The van der Waals surface area contributed by atoms with Gasteiger partial charge in [-0.05, 0) is 12.0 Å². The van der Waals surface area contributed by atoms with Gasteiger partial charge in [0.1, 0.15) is 12.1 Å². The molecule has 0 fully saturated rings. The molecule has 0 saturated heterocycles. The van der Waals surface area contributed by atoms with Crippen LogP contribution in [-0.2, 0) is 16.0 Å². The van der Waals surface area contributed by atoms with Gasteiger partial charge in [-0.2, -0.15) is 0 Å². The molecule has 0 aliphatic rings. The summed E-state index contributed by atoms with van der Waals surface area (Å²) in [5.74, 6) is -2.14. The summed E-state index contributed by atoms with van der Waals surface area (Å²) in [4.78, 5) is 20.0. The Bertz CT molecular complexity index is 396. The highest BCUT2D eigenvalue weighted by atomic mass is 16.4. The molecule has 19 heavy (non-hydrogen) atoms. The van der Waals surface area contributed by atoms with E-state index in [2.05, 4.69) is 0 Å². The Morgan fingerprint density at radius 3 is 1.79 bits per heavy atom. The highest BCUT2D eigenvalue weighted by Gasteiger charge is 2.10. The Morgan fingerprint density at radius 1 is 1.00 bits per heavy atom. The van der Waals surface area contributed by atoms with Crippen molar-refractivity contribution in [2.75, 3.05) is 6.61 Å². The van der Waals surface area contributed by atoms with Crippen LogP contribution in [0.3, 0.4) is 0 Å². The van der Waals surface area contributed by atoms with Gasteiger partial charge in [-0.25, -0.2) is 0 Å². The van der Waals surface area contributed by atoms with E-state index >= 15 is 0 Å². The Hall–Kier alpha value is -1.96. The number of carboxylic acid groups (broad SMARTS) is 2. The molecule has 0 aliphatic heterocycles. The molecule has 7 N–H and O–H groups in total. The van der Waals surface area contributed by atoms with Crippen LogP contribution in [0.15, 0.2) is 30.3 Å². The summed E-state index contributed by atoms with van der Waals surface area (Å²) >= 11 is 0. The minimum absolute atomic E-state index is 0.385. The lowest BCUT2D eigenvalue weighted by Crippen LogP contribution is -2.33. The minimum Gasteiger partial charge on any atom is -0.480 e. The van der Waals surface area contributed by atoms with Crippen molar-refractivity contribution >= 4 is 11.9 Å². The zero-order valence-corrected chi connectivity index (χ0v) is 10.3. The highest BCUT2D eigenvalue weighted by Crippen LogP contribution is 2.01. The number of rotatable bonds is 5. The lowest BCUT2D eigenvalue weighted by atomic mass is 10.1. The van der Waals surface area contributed by atoms with Crippen LogP contribution in [-0.4, -0.2) is 45.9 Å². The number of carboxylic acids is 2. The topological polar surface area (TPSA) is 147 Å². The molecule has 0 bridgehead atoms. The van der Waals surface area contributed by atoms with Crippen molar-refractivity contribution in [2.45, 2.75) is 18.5 Å². The summed E-state index contributed by atoms with van der Waals surface area (Å²) in [5.41, 5.74) is 11.1. The Labute approximate surface area is 110 Å². The summed E-state index contributed by atoms with van der Waals surface area (Å²) in [6.07, 6.45) is 0.385. The maximum atomic E-state index is 10.4. The molecule has 2 atom stereocenters. The predicted octanol–water partition coefficient (Wildman–Crippen LogP) is -0.968. The number of hydrogen-bond donors (Lipinski definition) is 5. The van der Waals surface area contributed by atoms with Gasteiger partial charge < -0.3 is 26.8 Å². The first kappa shape index (κ1) is 17.0. The molecule has 0 unspecified atom stereocenters. The molecule has 0 aromatic heterocycles. The van der Waals surface area contributed by atoms with Crippen LogP contribution in [0.5, 0.6) is 0 Å². The van der Waals surface area contributed by atoms with E-state index in [9.17, 15) is 9.59 Å². The van der Waals surface area contributed by atoms with Gasteiger partial charge in [0, 0.05) is 0 Å². The van der Waals surface area contributed by atoms with E-state index in [1.54, 1.807) is 0 Å². The average molecular weight is 270 g/mol. The fraction of sp³-hybridized carbons (Fsp3) is 0.333. The number of aliphatic hydroxyl groups is 1. The van der Waals surface area contributed by atoms with E-state index in [-0.39, 0.29) is 0 Å². The van der Waals surface area contributed by atoms with Gasteiger partial charge in [0.15, 0.2) is 0 Å². The largest absolute Gasteiger partial charge is 0.480 e. The molecule has 0 heterocycles. The van der Waals surface area contributed by atoms with Crippen molar-refractivity contribution in [3.63, 3.8) is 0 Å². The van der Waals surface area contributed by atoms with Crippen molar-refractivity contribution < 1.29 is 24.9 Å². The van der Waals surface area contributed by atoms with Gasteiger partial charge in [0.2, 0.25) is 0 Å². The molecular weight excluding hydrogens is 252 g/mol. The van der Waals surface area contributed by atoms with Crippen LogP contribution in [0, 0.1) is 0 Å². The third-order valence-corrected chi connectivity index (χ3v) is 2.13. The molecule has 7 heteroatoms. The van der Waals surface area contributed by atoms with Crippen LogP contribution in [0.2, 0.25) is 0 Å². The van der Waals surface area contributed by atoms with Crippen molar-refractivity contribution in [1.82, 2.24) is 0 Å². The summed E-state index contributed by atoms with van der Waals surface area (Å²) in [6, 6.07) is 7.42. The predicted molar refractivity (Wildman–Crippen MR) is 68.5 cm³/mol. The van der Waals surface area contributed by atoms with Gasteiger partial charge in [-0.1, -0.05) is 30.3 Å². The molecule has 0 radical (unpaired) electrons. The monoisotopic (exact) mass is 270 g/mol. The van der Waals surface area contributed by atoms with Gasteiger partial charge in [0.25, 0.3) is 0 Å². The van der Waals surface area contributed by atoms with Crippen LogP contribution in [0.25, 0.3) is 0 Å². The fourth-order valence-electron chi connectivity index (χ4n) is 1.03. The standard InChI is InChI=1S/C9H11NO2.C3H7NO3/c10-8(9(11)12)6-7-4-2-1-3-5-7;4-2(1-5)3(6)7/h1-5,8H,6,10H2,(H,11,12);2,5H,1,4H2,(H,6,7)/t8-;2-/m00/s1.